The number of hydroxylamine groups is 1. The van der Waals surface area contributed by atoms with Crippen LogP contribution in [0, 0.1) is 0 Å². The van der Waals surface area contributed by atoms with Crippen LogP contribution in [0.5, 0.6) is 0 Å². The van der Waals surface area contributed by atoms with Crippen molar-refractivity contribution in [3.05, 3.63) is 0 Å². The molecule has 0 aromatic carbocycles. The van der Waals surface area contributed by atoms with Crippen molar-refractivity contribution in [2.24, 2.45) is 5.73 Å². The molecule has 4 nitrogen and oxygen atoms in total. The standard InChI is InChI=1S/C11H22N2O2S/c1-2-3-4-5-6-7-8-9-10(14)15-13-11(12)16/h2-9H2,1H3,(H3,12,13,16). The molecule has 0 unspecified atom stereocenters. The predicted octanol–water partition coefficient (Wildman–Crippen LogP) is 2.42. The van der Waals surface area contributed by atoms with Gasteiger partial charge in [0.25, 0.3) is 0 Å². The molecule has 0 saturated carbocycles. The van der Waals surface area contributed by atoms with Gasteiger partial charge >= 0.3 is 5.97 Å². The third-order valence-electron chi connectivity index (χ3n) is 2.25. The maximum Gasteiger partial charge on any atom is 0.332 e. The van der Waals surface area contributed by atoms with Crippen molar-refractivity contribution in [3.63, 3.8) is 0 Å². The SMILES string of the molecule is CCCCCCCCCC(=O)ONC(N)=S. The molecule has 0 aromatic rings. The Labute approximate surface area is 103 Å². The maximum atomic E-state index is 11.1. The van der Waals surface area contributed by atoms with Crippen molar-refractivity contribution in [3.8, 4) is 0 Å². The number of nitrogens with one attached hydrogen (secondary N) is 1. The van der Waals surface area contributed by atoms with Gasteiger partial charge in [-0.3, -0.25) is 0 Å². The summed E-state index contributed by atoms with van der Waals surface area (Å²) in [6.45, 7) is 2.20. The fourth-order valence-electron chi connectivity index (χ4n) is 1.38. The highest BCUT2D eigenvalue weighted by Crippen LogP contribution is 2.08. The lowest BCUT2D eigenvalue weighted by atomic mass is 10.1. The summed E-state index contributed by atoms with van der Waals surface area (Å²) in [5.74, 6) is -0.304. The number of rotatable bonds is 8. The maximum absolute atomic E-state index is 11.1. The lowest BCUT2D eigenvalue weighted by molar-refractivity contribution is -0.147. The smallest absolute Gasteiger partial charge is 0.332 e. The number of nitrogens with two attached hydrogens (primary N) is 1. The van der Waals surface area contributed by atoms with Gasteiger partial charge in [-0.2, -0.15) is 5.48 Å². The topological polar surface area (TPSA) is 64.3 Å². The molecule has 0 aliphatic carbocycles. The van der Waals surface area contributed by atoms with Crippen molar-refractivity contribution in [2.75, 3.05) is 0 Å². The Morgan fingerprint density at radius 1 is 1.19 bits per heavy atom. The number of carbonyl (C=O) groups excluding carboxylic acids is 1. The average molecular weight is 246 g/mol. The van der Waals surface area contributed by atoms with Gasteiger partial charge in [-0.25, -0.2) is 4.79 Å². The summed E-state index contributed by atoms with van der Waals surface area (Å²) in [6, 6.07) is 0. The summed E-state index contributed by atoms with van der Waals surface area (Å²) in [5.41, 5.74) is 7.28. The summed E-state index contributed by atoms with van der Waals surface area (Å²) >= 11 is 4.50. The van der Waals surface area contributed by atoms with E-state index >= 15 is 0 Å². The summed E-state index contributed by atoms with van der Waals surface area (Å²) in [6.07, 6.45) is 8.67. The Hall–Kier alpha value is -0.840. The molecule has 0 aliphatic heterocycles. The van der Waals surface area contributed by atoms with Crippen LogP contribution in [0.3, 0.4) is 0 Å². The largest absolute Gasteiger partial charge is 0.374 e. The lowest BCUT2D eigenvalue weighted by Gasteiger charge is -2.04. The molecule has 0 rings (SSSR count). The van der Waals surface area contributed by atoms with E-state index in [0.29, 0.717) is 6.42 Å². The van der Waals surface area contributed by atoms with Crippen LogP contribution in [0.4, 0.5) is 0 Å². The van der Waals surface area contributed by atoms with Crippen LogP contribution in [0.25, 0.3) is 0 Å². The van der Waals surface area contributed by atoms with E-state index in [1.165, 1.54) is 32.1 Å². The fourth-order valence-corrected chi connectivity index (χ4v) is 1.43. The second-order valence-corrected chi connectivity index (χ2v) is 4.25. The number of hydrogen-bond donors (Lipinski definition) is 2. The first-order valence-electron chi connectivity index (χ1n) is 5.92. The predicted molar refractivity (Wildman–Crippen MR) is 68.6 cm³/mol. The van der Waals surface area contributed by atoms with E-state index in [-0.39, 0.29) is 11.1 Å². The molecule has 0 radical (unpaired) electrons. The van der Waals surface area contributed by atoms with Crippen LogP contribution in [-0.4, -0.2) is 11.1 Å². The molecular weight excluding hydrogens is 224 g/mol. The van der Waals surface area contributed by atoms with Crippen molar-refractivity contribution in [1.82, 2.24) is 5.48 Å². The molecule has 0 heterocycles. The first kappa shape index (κ1) is 15.2. The lowest BCUT2D eigenvalue weighted by Crippen LogP contribution is -2.31. The fraction of sp³-hybridized carbons (Fsp3) is 0.818. The minimum absolute atomic E-state index is 0.0204. The highest BCUT2D eigenvalue weighted by atomic mass is 32.1. The molecule has 0 fully saturated rings. The molecule has 16 heavy (non-hydrogen) atoms. The normalized spacial score (nSPS) is 9.81. The zero-order chi connectivity index (χ0) is 12.2. The van der Waals surface area contributed by atoms with E-state index in [9.17, 15) is 4.79 Å². The summed E-state index contributed by atoms with van der Waals surface area (Å²) in [4.78, 5) is 15.7. The van der Waals surface area contributed by atoms with Crippen LogP contribution < -0.4 is 11.2 Å². The molecule has 0 aliphatic rings. The molecule has 0 amide bonds. The van der Waals surface area contributed by atoms with Crippen molar-refractivity contribution in [2.45, 2.75) is 58.3 Å². The highest BCUT2D eigenvalue weighted by Gasteiger charge is 2.02. The second-order valence-electron chi connectivity index (χ2n) is 3.81. The Morgan fingerprint density at radius 3 is 2.31 bits per heavy atom. The van der Waals surface area contributed by atoms with E-state index in [4.69, 9.17) is 5.73 Å². The molecule has 5 heteroatoms. The van der Waals surface area contributed by atoms with Gasteiger partial charge in [0.1, 0.15) is 0 Å². The van der Waals surface area contributed by atoms with E-state index < -0.39 is 0 Å². The van der Waals surface area contributed by atoms with Crippen LogP contribution in [-0.2, 0) is 9.63 Å². The van der Waals surface area contributed by atoms with Crippen molar-refractivity contribution < 1.29 is 9.63 Å². The average Bonchev–Trinajstić information content (AvgIpc) is 2.25. The Kier molecular flexibility index (Phi) is 10.1. The van der Waals surface area contributed by atoms with E-state index in [2.05, 4.69) is 29.5 Å². The van der Waals surface area contributed by atoms with Crippen molar-refractivity contribution in [1.29, 1.82) is 0 Å². The van der Waals surface area contributed by atoms with Gasteiger partial charge in [0.15, 0.2) is 5.11 Å². The quantitative estimate of drug-likeness (QED) is 0.391. The number of hydrogen-bond acceptors (Lipinski definition) is 3. The Bertz CT molecular complexity index is 210. The van der Waals surface area contributed by atoms with E-state index in [1.807, 2.05) is 0 Å². The van der Waals surface area contributed by atoms with Gasteiger partial charge in [-0.15, -0.1) is 0 Å². The molecule has 0 saturated heterocycles. The van der Waals surface area contributed by atoms with Gasteiger partial charge in [-0.1, -0.05) is 45.4 Å². The second kappa shape index (κ2) is 10.7. The molecule has 3 N–H and O–H groups in total. The molecule has 0 spiro atoms. The molecule has 0 atom stereocenters. The molecule has 94 valence electrons. The molecule has 0 bridgehead atoms. The summed E-state index contributed by atoms with van der Waals surface area (Å²) in [5, 5.41) is -0.0204. The zero-order valence-electron chi connectivity index (χ0n) is 9.96. The highest BCUT2D eigenvalue weighted by molar-refractivity contribution is 7.80. The van der Waals surface area contributed by atoms with E-state index in [1.54, 1.807) is 0 Å². The van der Waals surface area contributed by atoms with Crippen molar-refractivity contribution >= 4 is 23.3 Å². The van der Waals surface area contributed by atoms with Crippen LogP contribution in [0.15, 0.2) is 0 Å². The first-order chi connectivity index (χ1) is 7.66. The zero-order valence-corrected chi connectivity index (χ0v) is 10.8. The van der Waals surface area contributed by atoms with Crippen LogP contribution in [0.1, 0.15) is 58.3 Å². The number of carbonyl (C=O) groups is 1. The number of unbranched alkanes of at least 4 members (excludes halogenated alkanes) is 6. The monoisotopic (exact) mass is 246 g/mol. The van der Waals surface area contributed by atoms with Crippen LogP contribution >= 0.6 is 12.2 Å². The number of thiocarbonyl (C=S) groups is 1. The van der Waals surface area contributed by atoms with Gasteiger partial charge in [-0.05, 0) is 18.6 Å². The summed E-state index contributed by atoms with van der Waals surface area (Å²) in [7, 11) is 0. The van der Waals surface area contributed by atoms with Gasteiger partial charge in [0, 0.05) is 6.42 Å². The third kappa shape index (κ3) is 11.2. The molecular formula is C11H22N2O2S. The minimum atomic E-state index is -0.304. The Morgan fingerprint density at radius 2 is 1.75 bits per heavy atom. The minimum Gasteiger partial charge on any atom is -0.374 e. The van der Waals surface area contributed by atoms with Crippen LogP contribution in [0.2, 0.25) is 0 Å². The third-order valence-corrected chi connectivity index (χ3v) is 2.33. The molecule has 0 aromatic heterocycles. The first-order valence-corrected chi connectivity index (χ1v) is 6.32. The van der Waals surface area contributed by atoms with Gasteiger partial charge in [0.05, 0.1) is 0 Å². The van der Waals surface area contributed by atoms with Gasteiger partial charge in [0.2, 0.25) is 0 Å². The Balaban J connectivity index is 3.18. The summed E-state index contributed by atoms with van der Waals surface area (Å²) < 4.78 is 0. The van der Waals surface area contributed by atoms with E-state index in [0.717, 1.165) is 12.8 Å². The van der Waals surface area contributed by atoms with Gasteiger partial charge < -0.3 is 10.6 Å².